The van der Waals surface area contributed by atoms with Crippen LogP contribution in [0.3, 0.4) is 0 Å². The third-order valence-electron chi connectivity index (χ3n) is 6.25. The van der Waals surface area contributed by atoms with Crippen molar-refractivity contribution < 1.29 is 17.6 Å². The van der Waals surface area contributed by atoms with Gasteiger partial charge in [0.15, 0.2) is 0 Å². The summed E-state index contributed by atoms with van der Waals surface area (Å²) in [6.45, 7) is 0.289. The van der Waals surface area contributed by atoms with Crippen LogP contribution in [0.5, 0.6) is 0 Å². The molecule has 3 N–H and O–H groups in total. The number of nitrogens with zero attached hydrogens (tertiary/aromatic N) is 2. The van der Waals surface area contributed by atoms with Crippen molar-refractivity contribution in [1.82, 2.24) is 15.3 Å². The first-order chi connectivity index (χ1) is 16.2. The van der Waals surface area contributed by atoms with Gasteiger partial charge in [-0.15, -0.1) is 0 Å². The number of carbonyl (C=O) groups excluding carboxylic acids is 1. The molecule has 4 rings (SSSR count). The predicted molar refractivity (Wildman–Crippen MR) is 129 cm³/mol. The predicted octanol–water partition coefficient (Wildman–Crippen LogP) is 3.87. The fourth-order valence-corrected chi connectivity index (χ4v) is 5.52. The number of carbonyl (C=O) groups is 1. The summed E-state index contributed by atoms with van der Waals surface area (Å²) in [5.41, 5.74) is 8.23. The summed E-state index contributed by atoms with van der Waals surface area (Å²) in [6, 6.07) is 13.6. The van der Waals surface area contributed by atoms with Crippen LogP contribution in [0.4, 0.5) is 10.2 Å². The molecular weight excluding hydrogens is 455 g/mol. The molecule has 9 heteroatoms. The summed E-state index contributed by atoms with van der Waals surface area (Å²) in [4.78, 5) is 21.3. The number of nitrogens with two attached hydrogens (primary N) is 1. The van der Waals surface area contributed by atoms with E-state index in [4.69, 9.17) is 5.73 Å². The molecule has 34 heavy (non-hydrogen) atoms. The molecule has 0 aliphatic heterocycles. The van der Waals surface area contributed by atoms with E-state index in [9.17, 15) is 17.6 Å². The number of benzene rings is 2. The SMILES string of the molecule is CS(=O)(=O)[C@@H]1CCCC(c2cnc(N)c(-c3ccc(C(=O)NCc4ccccc4)c(F)c3)n2)C1. The lowest BCUT2D eigenvalue weighted by Gasteiger charge is -2.27. The van der Waals surface area contributed by atoms with Gasteiger partial charge >= 0.3 is 0 Å². The average molecular weight is 483 g/mol. The van der Waals surface area contributed by atoms with Crippen LogP contribution in [-0.2, 0) is 16.4 Å². The van der Waals surface area contributed by atoms with Crippen molar-refractivity contribution in [3.05, 3.63) is 77.4 Å². The van der Waals surface area contributed by atoms with E-state index in [1.807, 2.05) is 30.3 Å². The van der Waals surface area contributed by atoms with Gasteiger partial charge in [0, 0.05) is 24.3 Å². The Kier molecular flexibility index (Phi) is 6.92. The Morgan fingerprint density at radius 3 is 2.65 bits per heavy atom. The van der Waals surface area contributed by atoms with E-state index in [0.717, 1.165) is 18.4 Å². The van der Waals surface area contributed by atoms with Gasteiger partial charge in [-0.2, -0.15) is 0 Å². The van der Waals surface area contributed by atoms with Crippen LogP contribution in [-0.4, -0.2) is 35.8 Å². The van der Waals surface area contributed by atoms with E-state index in [1.165, 1.54) is 18.4 Å². The Bertz CT molecular complexity index is 1300. The van der Waals surface area contributed by atoms with E-state index in [1.54, 1.807) is 12.3 Å². The second-order valence-electron chi connectivity index (χ2n) is 8.71. The number of sulfone groups is 1. The molecule has 0 spiro atoms. The molecule has 1 aliphatic carbocycles. The van der Waals surface area contributed by atoms with Crippen LogP contribution in [0.1, 0.15) is 53.2 Å². The normalized spacial score (nSPS) is 18.4. The van der Waals surface area contributed by atoms with Crippen molar-refractivity contribution in [2.45, 2.75) is 43.4 Å². The lowest BCUT2D eigenvalue weighted by molar-refractivity contribution is 0.0947. The monoisotopic (exact) mass is 482 g/mol. The molecule has 178 valence electrons. The molecule has 1 aliphatic rings. The van der Waals surface area contributed by atoms with Gasteiger partial charge in [-0.25, -0.2) is 22.8 Å². The maximum Gasteiger partial charge on any atom is 0.254 e. The minimum Gasteiger partial charge on any atom is -0.382 e. The van der Waals surface area contributed by atoms with Gasteiger partial charge in [-0.3, -0.25) is 4.79 Å². The Morgan fingerprint density at radius 1 is 1.18 bits per heavy atom. The molecule has 2 aromatic carbocycles. The number of nitrogen functional groups attached to an aromatic ring is 1. The zero-order valence-corrected chi connectivity index (χ0v) is 19.7. The molecule has 0 bridgehead atoms. The van der Waals surface area contributed by atoms with E-state index in [0.29, 0.717) is 29.8 Å². The quantitative estimate of drug-likeness (QED) is 0.551. The molecule has 1 heterocycles. The number of rotatable bonds is 6. The van der Waals surface area contributed by atoms with Crippen molar-refractivity contribution in [3.63, 3.8) is 0 Å². The van der Waals surface area contributed by atoms with Crippen LogP contribution < -0.4 is 11.1 Å². The minimum atomic E-state index is -3.14. The fourth-order valence-electron chi connectivity index (χ4n) is 4.34. The van der Waals surface area contributed by atoms with E-state index >= 15 is 0 Å². The van der Waals surface area contributed by atoms with Gasteiger partial charge in [0.2, 0.25) is 0 Å². The summed E-state index contributed by atoms with van der Waals surface area (Å²) in [6.07, 6.45) is 5.54. The Balaban J connectivity index is 1.54. The number of amides is 1. The summed E-state index contributed by atoms with van der Waals surface area (Å²) in [5, 5.41) is 2.31. The Hall–Kier alpha value is -3.33. The largest absolute Gasteiger partial charge is 0.382 e. The van der Waals surface area contributed by atoms with Gasteiger partial charge in [-0.05, 0) is 37.0 Å². The highest BCUT2D eigenvalue weighted by molar-refractivity contribution is 7.91. The molecule has 1 amide bonds. The number of aromatic nitrogens is 2. The first-order valence-electron chi connectivity index (χ1n) is 11.2. The van der Waals surface area contributed by atoms with Crippen LogP contribution >= 0.6 is 0 Å². The van der Waals surface area contributed by atoms with Gasteiger partial charge < -0.3 is 11.1 Å². The molecule has 2 atom stereocenters. The van der Waals surface area contributed by atoms with Crippen LogP contribution in [0.25, 0.3) is 11.3 Å². The highest BCUT2D eigenvalue weighted by Crippen LogP contribution is 2.36. The Morgan fingerprint density at radius 2 is 1.94 bits per heavy atom. The smallest absolute Gasteiger partial charge is 0.254 e. The van der Waals surface area contributed by atoms with Crippen molar-refractivity contribution in [1.29, 1.82) is 0 Å². The van der Waals surface area contributed by atoms with Gasteiger partial charge in [0.05, 0.1) is 22.7 Å². The second kappa shape index (κ2) is 9.89. The minimum absolute atomic E-state index is 0.0618. The summed E-state index contributed by atoms with van der Waals surface area (Å²) in [5.74, 6) is -1.13. The average Bonchev–Trinajstić information content (AvgIpc) is 2.83. The van der Waals surface area contributed by atoms with Crippen molar-refractivity contribution in [2.75, 3.05) is 12.0 Å². The highest BCUT2D eigenvalue weighted by atomic mass is 32.2. The standard InChI is InChI=1S/C25H27FN4O3S/c1-34(32,33)19-9-5-8-17(12-19)22-15-28-24(27)23(30-22)18-10-11-20(21(26)13-18)25(31)29-14-16-6-3-2-4-7-16/h2-4,6-7,10-11,13,15,17,19H,5,8-9,12,14H2,1H3,(H2,27,28)(H,29,31)/t17?,19-/m1/s1. The zero-order chi connectivity index (χ0) is 24.3. The maximum atomic E-state index is 14.9. The molecule has 0 saturated heterocycles. The molecule has 1 fully saturated rings. The van der Waals surface area contributed by atoms with E-state index in [-0.39, 0.29) is 23.8 Å². The molecule has 3 aromatic rings. The van der Waals surface area contributed by atoms with Crippen molar-refractivity contribution in [3.8, 4) is 11.3 Å². The fraction of sp³-hybridized carbons (Fsp3) is 0.320. The number of halogens is 1. The lowest BCUT2D eigenvalue weighted by Crippen LogP contribution is -2.27. The van der Waals surface area contributed by atoms with Crippen molar-refractivity contribution in [2.24, 2.45) is 0 Å². The first kappa shape index (κ1) is 23.8. The molecule has 1 aromatic heterocycles. The van der Waals surface area contributed by atoms with Crippen LogP contribution in [0.2, 0.25) is 0 Å². The molecule has 7 nitrogen and oxygen atoms in total. The second-order valence-corrected chi connectivity index (χ2v) is 11.0. The third-order valence-corrected chi connectivity index (χ3v) is 7.89. The molecule has 1 unspecified atom stereocenters. The van der Waals surface area contributed by atoms with Gasteiger partial charge in [-0.1, -0.05) is 42.8 Å². The van der Waals surface area contributed by atoms with Crippen LogP contribution in [0.15, 0.2) is 54.7 Å². The molecule has 0 radical (unpaired) electrons. The topological polar surface area (TPSA) is 115 Å². The molecule has 1 saturated carbocycles. The zero-order valence-electron chi connectivity index (χ0n) is 18.9. The first-order valence-corrected chi connectivity index (χ1v) is 13.1. The highest BCUT2D eigenvalue weighted by Gasteiger charge is 2.31. The number of hydrogen-bond acceptors (Lipinski definition) is 6. The van der Waals surface area contributed by atoms with Crippen molar-refractivity contribution >= 4 is 21.6 Å². The summed E-state index contributed by atoms with van der Waals surface area (Å²) < 4.78 is 38.9. The van der Waals surface area contributed by atoms with E-state index < -0.39 is 26.8 Å². The van der Waals surface area contributed by atoms with E-state index in [2.05, 4.69) is 15.3 Å². The number of hydrogen-bond donors (Lipinski definition) is 2. The Labute approximate surface area is 198 Å². The third kappa shape index (κ3) is 5.41. The van der Waals surface area contributed by atoms with Gasteiger partial charge in [0.25, 0.3) is 5.91 Å². The van der Waals surface area contributed by atoms with Gasteiger partial charge in [0.1, 0.15) is 27.2 Å². The lowest BCUT2D eigenvalue weighted by atomic mass is 9.86. The maximum absolute atomic E-state index is 14.9. The summed E-state index contributed by atoms with van der Waals surface area (Å²) in [7, 11) is -3.14. The molecular formula is C25H27FN4O3S. The van der Waals surface area contributed by atoms with Crippen LogP contribution in [0, 0.1) is 5.82 Å². The summed E-state index contributed by atoms with van der Waals surface area (Å²) >= 11 is 0. The number of nitrogens with one attached hydrogen (secondary N) is 1. The number of anilines is 1.